The molecular formula is C18H16N2O2. The van der Waals surface area contributed by atoms with Gasteiger partial charge in [-0.3, -0.25) is 9.98 Å². The van der Waals surface area contributed by atoms with Crippen LogP contribution in [-0.2, 0) is 4.74 Å². The Balaban J connectivity index is 1.85. The number of ether oxygens (including phenoxy) is 1. The van der Waals surface area contributed by atoms with Gasteiger partial charge in [-0.1, -0.05) is 18.2 Å². The second-order valence-electron chi connectivity index (χ2n) is 5.00. The number of hydrogen-bond donors (Lipinski definition) is 0. The fraction of sp³-hybridized carbons (Fsp3) is 0.167. The number of methoxy groups -OCH3 is 1. The standard InChI is InChI=1S/C18H16N2O2/c1-22-18(21)14-7-5-13(6-8-14)17-12-15(9-11-20-17)16-4-2-3-10-19-16/h2-8,10-12,17H,9H2,1H3/t17-/m0/s1. The monoisotopic (exact) mass is 292 g/mol. The number of benzene rings is 1. The smallest absolute Gasteiger partial charge is 0.337 e. The van der Waals surface area contributed by atoms with Gasteiger partial charge < -0.3 is 4.74 Å². The Kier molecular flexibility index (Phi) is 4.10. The first-order valence-electron chi connectivity index (χ1n) is 7.10. The van der Waals surface area contributed by atoms with Gasteiger partial charge in [-0.15, -0.1) is 0 Å². The number of dihydropyridines is 1. The second-order valence-corrected chi connectivity index (χ2v) is 5.00. The highest BCUT2D eigenvalue weighted by Crippen LogP contribution is 2.28. The van der Waals surface area contributed by atoms with Crippen molar-refractivity contribution in [2.45, 2.75) is 12.5 Å². The summed E-state index contributed by atoms with van der Waals surface area (Å²) in [5.41, 5.74) is 3.72. The average Bonchev–Trinajstić information content (AvgIpc) is 2.62. The molecular weight excluding hydrogens is 276 g/mol. The summed E-state index contributed by atoms with van der Waals surface area (Å²) in [6.45, 7) is 0. The predicted molar refractivity (Wildman–Crippen MR) is 85.8 cm³/mol. The summed E-state index contributed by atoms with van der Waals surface area (Å²) in [6, 6.07) is 13.2. The maximum atomic E-state index is 11.5. The molecule has 0 bridgehead atoms. The molecule has 0 N–H and O–H groups in total. The number of aliphatic imine (C=N–C) groups is 1. The van der Waals surface area contributed by atoms with Crippen molar-refractivity contribution < 1.29 is 9.53 Å². The van der Waals surface area contributed by atoms with E-state index in [0.717, 1.165) is 23.3 Å². The Bertz CT molecular complexity index is 719. The van der Waals surface area contributed by atoms with Gasteiger partial charge in [-0.2, -0.15) is 0 Å². The number of aromatic nitrogens is 1. The molecule has 22 heavy (non-hydrogen) atoms. The molecule has 1 aromatic carbocycles. The van der Waals surface area contributed by atoms with E-state index in [1.54, 1.807) is 18.3 Å². The second kappa shape index (κ2) is 6.35. The van der Waals surface area contributed by atoms with Crippen LogP contribution >= 0.6 is 0 Å². The quantitative estimate of drug-likeness (QED) is 0.814. The molecule has 0 fully saturated rings. The molecule has 0 amide bonds. The van der Waals surface area contributed by atoms with Crippen LogP contribution in [0.1, 0.15) is 34.1 Å². The molecule has 3 rings (SSSR count). The van der Waals surface area contributed by atoms with E-state index in [1.165, 1.54) is 7.11 Å². The van der Waals surface area contributed by atoms with Crippen LogP contribution in [0.15, 0.2) is 59.7 Å². The molecule has 110 valence electrons. The van der Waals surface area contributed by atoms with E-state index >= 15 is 0 Å². The van der Waals surface area contributed by atoms with E-state index in [-0.39, 0.29) is 12.0 Å². The van der Waals surface area contributed by atoms with E-state index in [9.17, 15) is 4.79 Å². The fourth-order valence-electron chi connectivity index (χ4n) is 2.43. The molecule has 4 heteroatoms. The van der Waals surface area contributed by atoms with E-state index < -0.39 is 0 Å². The molecule has 0 saturated carbocycles. The number of hydrogen-bond acceptors (Lipinski definition) is 4. The zero-order valence-electron chi connectivity index (χ0n) is 12.3. The summed E-state index contributed by atoms with van der Waals surface area (Å²) in [4.78, 5) is 20.4. The molecule has 1 atom stereocenters. The van der Waals surface area contributed by atoms with Crippen LogP contribution in [0.2, 0.25) is 0 Å². The maximum absolute atomic E-state index is 11.5. The van der Waals surface area contributed by atoms with E-state index in [0.29, 0.717) is 5.56 Å². The van der Waals surface area contributed by atoms with E-state index in [1.807, 2.05) is 36.5 Å². The molecule has 4 nitrogen and oxygen atoms in total. The minimum Gasteiger partial charge on any atom is -0.465 e. The van der Waals surface area contributed by atoms with Crippen molar-refractivity contribution in [3.05, 3.63) is 71.6 Å². The van der Waals surface area contributed by atoms with Crippen LogP contribution in [0.5, 0.6) is 0 Å². The maximum Gasteiger partial charge on any atom is 0.337 e. The Morgan fingerprint density at radius 1 is 1.18 bits per heavy atom. The van der Waals surface area contributed by atoms with Crippen LogP contribution in [0.25, 0.3) is 5.57 Å². The van der Waals surface area contributed by atoms with Gasteiger partial charge in [0.05, 0.1) is 24.4 Å². The van der Waals surface area contributed by atoms with Crippen molar-refractivity contribution in [3.63, 3.8) is 0 Å². The molecule has 2 heterocycles. The van der Waals surface area contributed by atoms with Gasteiger partial charge in [0.2, 0.25) is 0 Å². The lowest BCUT2D eigenvalue weighted by atomic mass is 9.97. The summed E-state index contributed by atoms with van der Waals surface area (Å²) >= 11 is 0. The third kappa shape index (κ3) is 2.96. The summed E-state index contributed by atoms with van der Waals surface area (Å²) in [7, 11) is 1.38. The van der Waals surface area contributed by atoms with Gasteiger partial charge in [-0.25, -0.2) is 4.79 Å². The lowest BCUT2D eigenvalue weighted by Crippen LogP contribution is -2.04. The van der Waals surface area contributed by atoms with Crippen LogP contribution < -0.4 is 0 Å². The number of carbonyl (C=O) groups excluding carboxylic acids is 1. The van der Waals surface area contributed by atoms with Gasteiger partial charge in [0.1, 0.15) is 0 Å². The lowest BCUT2D eigenvalue weighted by Gasteiger charge is -2.16. The fourth-order valence-corrected chi connectivity index (χ4v) is 2.43. The van der Waals surface area contributed by atoms with Gasteiger partial charge in [-0.05, 0) is 41.5 Å². The van der Waals surface area contributed by atoms with Crippen molar-refractivity contribution in [1.29, 1.82) is 0 Å². The van der Waals surface area contributed by atoms with Crippen molar-refractivity contribution in [2.75, 3.05) is 7.11 Å². The highest BCUT2D eigenvalue weighted by atomic mass is 16.5. The average molecular weight is 292 g/mol. The minimum atomic E-state index is -0.330. The van der Waals surface area contributed by atoms with Crippen LogP contribution in [-0.4, -0.2) is 24.3 Å². The van der Waals surface area contributed by atoms with Gasteiger partial charge in [0.15, 0.2) is 0 Å². The summed E-state index contributed by atoms with van der Waals surface area (Å²) in [5, 5.41) is 0. The first-order chi connectivity index (χ1) is 10.8. The molecule has 0 radical (unpaired) electrons. The summed E-state index contributed by atoms with van der Waals surface area (Å²) in [6.07, 6.45) is 6.62. The van der Waals surface area contributed by atoms with Crippen molar-refractivity contribution >= 4 is 17.8 Å². The Morgan fingerprint density at radius 3 is 2.68 bits per heavy atom. The number of rotatable bonds is 3. The summed E-state index contributed by atoms with van der Waals surface area (Å²) < 4.78 is 4.71. The predicted octanol–water partition coefficient (Wildman–Crippen LogP) is 3.47. The molecule has 2 aromatic rings. The molecule has 0 spiro atoms. The number of pyridine rings is 1. The molecule has 0 aliphatic carbocycles. The van der Waals surface area contributed by atoms with Crippen LogP contribution in [0, 0.1) is 0 Å². The van der Waals surface area contributed by atoms with Crippen LogP contribution in [0.3, 0.4) is 0 Å². The van der Waals surface area contributed by atoms with Gasteiger partial charge >= 0.3 is 5.97 Å². The van der Waals surface area contributed by atoms with Gasteiger partial charge in [0, 0.05) is 18.8 Å². The van der Waals surface area contributed by atoms with E-state index in [2.05, 4.69) is 16.1 Å². The normalized spacial score (nSPS) is 17.0. The third-order valence-electron chi connectivity index (χ3n) is 3.60. The Hall–Kier alpha value is -2.75. The first kappa shape index (κ1) is 14.2. The SMILES string of the molecule is COC(=O)c1ccc([C@@H]2C=C(c3ccccn3)CC=N2)cc1. The number of carbonyl (C=O) groups is 1. The lowest BCUT2D eigenvalue weighted by molar-refractivity contribution is 0.0600. The zero-order valence-corrected chi connectivity index (χ0v) is 12.3. The number of esters is 1. The molecule has 1 aromatic heterocycles. The topological polar surface area (TPSA) is 51.5 Å². The summed E-state index contributed by atoms with van der Waals surface area (Å²) in [5.74, 6) is -0.330. The van der Waals surface area contributed by atoms with E-state index in [4.69, 9.17) is 4.74 Å². The third-order valence-corrected chi connectivity index (χ3v) is 3.60. The number of nitrogens with zero attached hydrogens (tertiary/aromatic N) is 2. The van der Waals surface area contributed by atoms with Crippen molar-refractivity contribution in [1.82, 2.24) is 4.98 Å². The van der Waals surface area contributed by atoms with Crippen molar-refractivity contribution in [2.24, 2.45) is 4.99 Å². The Morgan fingerprint density at radius 2 is 2.00 bits per heavy atom. The molecule has 0 saturated heterocycles. The largest absolute Gasteiger partial charge is 0.465 e. The highest BCUT2D eigenvalue weighted by Gasteiger charge is 2.14. The molecule has 1 aliphatic rings. The Labute approximate surface area is 129 Å². The minimum absolute atomic E-state index is 0.0440. The van der Waals surface area contributed by atoms with Crippen molar-refractivity contribution in [3.8, 4) is 0 Å². The first-order valence-corrected chi connectivity index (χ1v) is 7.10. The number of allylic oxidation sites excluding steroid dienone is 1. The molecule has 1 aliphatic heterocycles. The van der Waals surface area contributed by atoms with Gasteiger partial charge in [0.25, 0.3) is 0 Å². The zero-order chi connectivity index (χ0) is 15.4. The molecule has 0 unspecified atom stereocenters. The highest BCUT2D eigenvalue weighted by molar-refractivity contribution is 5.89. The van der Waals surface area contributed by atoms with Crippen LogP contribution in [0.4, 0.5) is 0 Å².